The van der Waals surface area contributed by atoms with Crippen molar-refractivity contribution in [2.24, 2.45) is 0 Å². The van der Waals surface area contributed by atoms with Crippen LogP contribution in [-0.4, -0.2) is 33.5 Å². The van der Waals surface area contributed by atoms with E-state index in [0.29, 0.717) is 19.6 Å². The summed E-state index contributed by atoms with van der Waals surface area (Å²) in [6.45, 7) is 8.21. The first-order valence-corrected chi connectivity index (χ1v) is 10.5. The number of fused-ring (bicyclic) bond motifs is 1. The van der Waals surface area contributed by atoms with Crippen LogP contribution in [0.2, 0.25) is 0 Å². The molecular weight excluding hydrogens is 362 g/mol. The van der Waals surface area contributed by atoms with Gasteiger partial charge in [0.2, 0.25) is 5.91 Å². The van der Waals surface area contributed by atoms with Gasteiger partial charge in [0.1, 0.15) is 18.2 Å². The Labute approximate surface area is 172 Å². The van der Waals surface area contributed by atoms with Gasteiger partial charge >= 0.3 is 0 Å². The summed E-state index contributed by atoms with van der Waals surface area (Å²) in [6, 6.07) is 14.4. The average Bonchev–Trinajstić information content (AvgIpc) is 3.35. The molecule has 1 aliphatic rings. The van der Waals surface area contributed by atoms with E-state index in [-0.39, 0.29) is 11.9 Å². The lowest BCUT2D eigenvalue weighted by molar-refractivity contribution is -0.131. The van der Waals surface area contributed by atoms with Gasteiger partial charge in [0.25, 0.3) is 0 Å². The summed E-state index contributed by atoms with van der Waals surface area (Å²) < 4.78 is 8.29. The molecule has 1 fully saturated rings. The van der Waals surface area contributed by atoms with E-state index in [1.807, 2.05) is 36.1 Å². The van der Waals surface area contributed by atoms with Crippen LogP contribution in [0.25, 0.3) is 11.0 Å². The Kier molecular flexibility index (Phi) is 5.56. The molecule has 0 aliphatic carbocycles. The minimum absolute atomic E-state index is 0.0523. The van der Waals surface area contributed by atoms with Gasteiger partial charge in [-0.2, -0.15) is 0 Å². The Morgan fingerprint density at radius 1 is 1.17 bits per heavy atom. The maximum absolute atomic E-state index is 12.4. The first-order valence-electron chi connectivity index (χ1n) is 10.5. The van der Waals surface area contributed by atoms with E-state index in [4.69, 9.17) is 9.72 Å². The fourth-order valence-corrected chi connectivity index (χ4v) is 4.18. The highest BCUT2D eigenvalue weighted by molar-refractivity contribution is 5.78. The van der Waals surface area contributed by atoms with E-state index < -0.39 is 0 Å². The van der Waals surface area contributed by atoms with Crippen LogP contribution in [0, 0.1) is 13.8 Å². The highest BCUT2D eigenvalue weighted by Crippen LogP contribution is 2.34. The maximum atomic E-state index is 12.4. The first kappa shape index (κ1) is 19.5. The largest absolute Gasteiger partial charge is 0.492 e. The molecule has 1 atom stereocenters. The van der Waals surface area contributed by atoms with Crippen LogP contribution in [0.4, 0.5) is 0 Å². The zero-order valence-corrected chi connectivity index (χ0v) is 17.5. The van der Waals surface area contributed by atoms with Crippen molar-refractivity contribution in [1.29, 1.82) is 0 Å². The van der Waals surface area contributed by atoms with Crippen molar-refractivity contribution < 1.29 is 9.53 Å². The molecule has 0 radical (unpaired) electrons. The van der Waals surface area contributed by atoms with Gasteiger partial charge in [-0.15, -0.1) is 0 Å². The van der Waals surface area contributed by atoms with E-state index >= 15 is 0 Å². The summed E-state index contributed by atoms with van der Waals surface area (Å²) in [4.78, 5) is 19.4. The van der Waals surface area contributed by atoms with E-state index in [0.717, 1.165) is 42.0 Å². The number of carbonyl (C=O) groups is 1. The number of rotatable bonds is 6. The van der Waals surface area contributed by atoms with Gasteiger partial charge in [0.15, 0.2) is 0 Å². The molecule has 0 spiro atoms. The van der Waals surface area contributed by atoms with Gasteiger partial charge in [-0.25, -0.2) is 4.98 Å². The van der Waals surface area contributed by atoms with Gasteiger partial charge in [-0.05, 0) is 62.1 Å². The van der Waals surface area contributed by atoms with Crippen LogP contribution in [0.1, 0.15) is 49.2 Å². The number of nitrogens with zero attached hydrogens (tertiary/aromatic N) is 3. The molecule has 1 unspecified atom stereocenters. The predicted molar refractivity (Wildman–Crippen MR) is 115 cm³/mol. The summed E-state index contributed by atoms with van der Waals surface area (Å²) >= 11 is 0. The van der Waals surface area contributed by atoms with E-state index in [1.54, 1.807) is 0 Å². The topological polar surface area (TPSA) is 47.4 Å². The maximum Gasteiger partial charge on any atom is 0.222 e. The standard InChI is InChI=1S/C24H29N3O2/c1-4-23(28)26-13-7-10-22(26)24-25-20-8-5-6-9-21(20)27(24)14-15-29-19-12-11-17(2)18(3)16-19/h5-6,8-9,11-12,16,22H,4,7,10,13-15H2,1-3H3. The highest BCUT2D eigenvalue weighted by Gasteiger charge is 2.32. The Balaban J connectivity index is 1.60. The fourth-order valence-electron chi connectivity index (χ4n) is 4.18. The molecular formula is C24H29N3O2. The van der Waals surface area contributed by atoms with Gasteiger partial charge in [0, 0.05) is 13.0 Å². The SMILES string of the molecule is CCC(=O)N1CCCC1c1nc2ccccc2n1CCOc1ccc(C)c(C)c1. The van der Waals surface area contributed by atoms with E-state index in [9.17, 15) is 4.79 Å². The first-order chi connectivity index (χ1) is 14.1. The molecule has 152 valence electrons. The second-order valence-electron chi connectivity index (χ2n) is 7.80. The zero-order chi connectivity index (χ0) is 20.4. The molecule has 5 heteroatoms. The monoisotopic (exact) mass is 391 g/mol. The third-order valence-corrected chi connectivity index (χ3v) is 5.92. The molecule has 1 saturated heterocycles. The molecule has 1 amide bonds. The summed E-state index contributed by atoms with van der Waals surface area (Å²) in [5, 5.41) is 0. The number of para-hydroxylation sites is 2. The number of benzene rings is 2. The van der Waals surface area contributed by atoms with E-state index in [1.165, 1.54) is 11.1 Å². The Bertz CT molecular complexity index is 1020. The van der Waals surface area contributed by atoms with Gasteiger partial charge in [0.05, 0.1) is 23.6 Å². The van der Waals surface area contributed by atoms with Crippen LogP contribution in [0.5, 0.6) is 5.75 Å². The lowest BCUT2D eigenvalue weighted by Crippen LogP contribution is -2.31. The second kappa shape index (κ2) is 8.27. The average molecular weight is 392 g/mol. The van der Waals surface area contributed by atoms with Crippen LogP contribution in [0.15, 0.2) is 42.5 Å². The molecule has 5 nitrogen and oxygen atoms in total. The molecule has 0 N–H and O–H groups in total. The summed E-state index contributed by atoms with van der Waals surface area (Å²) in [7, 11) is 0. The molecule has 0 saturated carbocycles. The molecule has 0 bridgehead atoms. The molecule has 2 heterocycles. The minimum atomic E-state index is 0.0523. The van der Waals surface area contributed by atoms with Crippen LogP contribution >= 0.6 is 0 Å². The van der Waals surface area contributed by atoms with E-state index in [2.05, 4.69) is 36.6 Å². The third-order valence-electron chi connectivity index (χ3n) is 5.92. The molecule has 3 aromatic rings. The van der Waals surface area contributed by atoms with Crippen molar-refractivity contribution in [1.82, 2.24) is 14.5 Å². The molecule has 1 aliphatic heterocycles. The lowest BCUT2D eigenvalue weighted by atomic mass is 10.1. The summed E-state index contributed by atoms with van der Waals surface area (Å²) in [5.74, 6) is 2.08. The number of imidazole rings is 1. The minimum Gasteiger partial charge on any atom is -0.492 e. The number of likely N-dealkylation sites (tertiary alicyclic amines) is 1. The van der Waals surface area contributed by atoms with Gasteiger partial charge in [-0.3, -0.25) is 4.79 Å². The third kappa shape index (κ3) is 3.86. The Hall–Kier alpha value is -2.82. The number of ether oxygens (including phenoxy) is 1. The fraction of sp³-hybridized carbons (Fsp3) is 0.417. The smallest absolute Gasteiger partial charge is 0.222 e. The van der Waals surface area contributed by atoms with Crippen molar-refractivity contribution >= 4 is 16.9 Å². The predicted octanol–water partition coefficient (Wildman–Crippen LogP) is 4.81. The number of amides is 1. The van der Waals surface area contributed by atoms with Crippen LogP contribution < -0.4 is 4.74 Å². The molecule has 4 rings (SSSR count). The lowest BCUT2D eigenvalue weighted by Gasteiger charge is -2.25. The molecule has 29 heavy (non-hydrogen) atoms. The van der Waals surface area contributed by atoms with Crippen molar-refractivity contribution in [3.8, 4) is 5.75 Å². The normalized spacial score (nSPS) is 16.5. The quantitative estimate of drug-likeness (QED) is 0.606. The zero-order valence-electron chi connectivity index (χ0n) is 17.5. The number of hydrogen-bond acceptors (Lipinski definition) is 3. The van der Waals surface area contributed by atoms with Crippen molar-refractivity contribution in [2.45, 2.75) is 52.6 Å². The Morgan fingerprint density at radius 3 is 2.79 bits per heavy atom. The van der Waals surface area contributed by atoms with Crippen molar-refractivity contribution in [3.63, 3.8) is 0 Å². The number of hydrogen-bond donors (Lipinski definition) is 0. The highest BCUT2D eigenvalue weighted by atomic mass is 16.5. The van der Waals surface area contributed by atoms with Gasteiger partial charge in [-0.1, -0.05) is 25.1 Å². The van der Waals surface area contributed by atoms with Gasteiger partial charge < -0.3 is 14.2 Å². The second-order valence-corrected chi connectivity index (χ2v) is 7.80. The molecule has 1 aromatic heterocycles. The van der Waals surface area contributed by atoms with Crippen molar-refractivity contribution in [2.75, 3.05) is 13.2 Å². The Morgan fingerprint density at radius 2 is 2.00 bits per heavy atom. The summed E-state index contributed by atoms with van der Waals surface area (Å²) in [6.07, 6.45) is 2.53. The van der Waals surface area contributed by atoms with Crippen LogP contribution in [0.3, 0.4) is 0 Å². The van der Waals surface area contributed by atoms with Crippen molar-refractivity contribution in [3.05, 3.63) is 59.4 Å². The molecule has 2 aromatic carbocycles. The summed E-state index contributed by atoms with van der Waals surface area (Å²) in [5.41, 5.74) is 4.57. The van der Waals surface area contributed by atoms with Crippen LogP contribution in [-0.2, 0) is 11.3 Å². The number of carbonyl (C=O) groups excluding carboxylic acids is 1. The number of aromatic nitrogens is 2. The number of aryl methyl sites for hydroxylation is 2.